The molecule has 0 saturated heterocycles. The van der Waals surface area contributed by atoms with Crippen LogP contribution in [0.4, 0.5) is 0 Å². The largest absolute Gasteiger partial charge is 0.351 e. The number of halogens is 1. The fraction of sp³-hybridized carbons (Fsp3) is 0.375. The summed E-state index contributed by atoms with van der Waals surface area (Å²) in [5.74, 6) is 0.555. The van der Waals surface area contributed by atoms with E-state index in [9.17, 15) is 4.79 Å². The lowest BCUT2D eigenvalue weighted by atomic mass is 10.0. The van der Waals surface area contributed by atoms with Gasteiger partial charge < -0.3 is 16.0 Å². The van der Waals surface area contributed by atoms with Crippen molar-refractivity contribution >= 4 is 28.4 Å². The third kappa shape index (κ3) is 5.01. The van der Waals surface area contributed by atoms with Gasteiger partial charge in [-0.3, -0.25) is 4.79 Å². The van der Waals surface area contributed by atoms with Gasteiger partial charge in [-0.15, -0.1) is 11.6 Å². The first-order valence-electron chi connectivity index (χ1n) is 10.4. The number of alkyl halides is 1. The molecule has 0 radical (unpaired) electrons. The van der Waals surface area contributed by atoms with Crippen molar-refractivity contribution in [1.29, 1.82) is 0 Å². The molecule has 0 aliphatic heterocycles. The third-order valence-electron chi connectivity index (χ3n) is 5.78. The molecule has 1 aliphatic rings. The number of aromatic nitrogens is 1. The topological polar surface area (TPSA) is 70.9 Å². The molecule has 2 atom stereocenters. The fourth-order valence-corrected chi connectivity index (χ4v) is 3.91. The van der Waals surface area contributed by atoms with Gasteiger partial charge in [0.1, 0.15) is 5.69 Å². The number of rotatable bonds is 8. The molecule has 4 N–H and O–H groups in total. The Hall–Kier alpha value is -2.30. The van der Waals surface area contributed by atoms with E-state index in [4.69, 9.17) is 17.3 Å². The number of aryl methyl sites for hydroxylation is 1. The Morgan fingerprint density at radius 2 is 1.86 bits per heavy atom. The number of hydrogen-bond donors (Lipinski definition) is 3. The van der Waals surface area contributed by atoms with E-state index in [1.807, 2.05) is 12.1 Å². The van der Waals surface area contributed by atoms with Gasteiger partial charge in [-0.2, -0.15) is 0 Å². The lowest BCUT2D eigenvalue weighted by Crippen LogP contribution is -2.31. The minimum atomic E-state index is -0.129. The zero-order valence-corrected chi connectivity index (χ0v) is 17.5. The molecule has 1 amide bonds. The first kappa shape index (κ1) is 20.0. The van der Waals surface area contributed by atoms with Crippen molar-refractivity contribution in [2.75, 3.05) is 6.54 Å². The molecule has 1 aromatic heterocycles. The third-order valence-corrected chi connectivity index (χ3v) is 6.15. The quantitative estimate of drug-likeness (QED) is 0.458. The van der Waals surface area contributed by atoms with Gasteiger partial charge in [-0.1, -0.05) is 42.0 Å². The molecule has 4 rings (SSSR count). The number of nitrogens with one attached hydrogen (secondary N) is 2. The number of benzene rings is 2. The minimum absolute atomic E-state index is 0.0960. The highest BCUT2D eigenvalue weighted by atomic mass is 35.5. The molecule has 1 aliphatic carbocycles. The summed E-state index contributed by atoms with van der Waals surface area (Å²) >= 11 is 6.38. The van der Waals surface area contributed by atoms with Gasteiger partial charge in [0.2, 0.25) is 0 Å². The Kier molecular flexibility index (Phi) is 5.93. The number of amides is 1. The number of aromatic amines is 1. The fourth-order valence-electron chi connectivity index (χ4n) is 3.71. The molecule has 1 saturated carbocycles. The van der Waals surface area contributed by atoms with Crippen LogP contribution in [0.3, 0.4) is 0 Å². The molecule has 0 spiro atoms. The van der Waals surface area contributed by atoms with Crippen LogP contribution in [-0.4, -0.2) is 28.9 Å². The maximum Gasteiger partial charge on any atom is 0.267 e. The Bertz CT molecular complexity index is 991. The summed E-state index contributed by atoms with van der Waals surface area (Å²) < 4.78 is 0. The SMILES string of the molecule is Cc1ccc(-c2ccc3cc(C(=O)NC[C@@H](Cl)CCC(N)C4CC4)[nH]c3c2)cc1. The van der Waals surface area contributed by atoms with Gasteiger partial charge in [0.15, 0.2) is 0 Å². The number of nitrogens with two attached hydrogens (primary N) is 1. The lowest BCUT2D eigenvalue weighted by molar-refractivity contribution is 0.0949. The molecule has 3 aromatic rings. The van der Waals surface area contributed by atoms with E-state index >= 15 is 0 Å². The molecule has 4 nitrogen and oxygen atoms in total. The maximum absolute atomic E-state index is 12.5. The summed E-state index contributed by atoms with van der Waals surface area (Å²) in [5.41, 5.74) is 11.2. The first-order valence-corrected chi connectivity index (χ1v) is 10.8. The standard InChI is InChI=1S/C24H28ClN3O/c1-15-2-4-16(5-3-15)18-8-9-19-13-23(28-22(19)12-18)24(29)27-14-20(25)10-11-21(26)17-6-7-17/h2-5,8-9,12-13,17,20-21,28H,6-7,10-11,14,26H2,1H3,(H,27,29)/t20-,21?/m0/s1. The number of H-pyrrole nitrogens is 1. The molecule has 1 heterocycles. The number of carbonyl (C=O) groups excluding carboxylic acids is 1. The van der Waals surface area contributed by atoms with Crippen molar-refractivity contribution < 1.29 is 4.79 Å². The highest BCUT2D eigenvalue weighted by Crippen LogP contribution is 2.33. The van der Waals surface area contributed by atoms with Gasteiger partial charge >= 0.3 is 0 Å². The Labute approximate surface area is 176 Å². The average molecular weight is 410 g/mol. The van der Waals surface area contributed by atoms with Crippen molar-refractivity contribution in [3.63, 3.8) is 0 Å². The van der Waals surface area contributed by atoms with E-state index in [0.717, 1.165) is 34.9 Å². The van der Waals surface area contributed by atoms with Crippen molar-refractivity contribution in [3.05, 3.63) is 59.8 Å². The van der Waals surface area contributed by atoms with Crippen LogP contribution in [0.1, 0.15) is 41.7 Å². The second-order valence-electron chi connectivity index (χ2n) is 8.24. The molecular weight excluding hydrogens is 382 g/mol. The van der Waals surface area contributed by atoms with Gasteiger partial charge in [-0.05, 0) is 61.8 Å². The van der Waals surface area contributed by atoms with E-state index < -0.39 is 0 Å². The van der Waals surface area contributed by atoms with Crippen molar-refractivity contribution in [1.82, 2.24) is 10.3 Å². The monoisotopic (exact) mass is 409 g/mol. The van der Waals surface area contributed by atoms with E-state index in [1.54, 1.807) is 0 Å². The van der Waals surface area contributed by atoms with Crippen LogP contribution in [0, 0.1) is 12.8 Å². The predicted molar refractivity (Wildman–Crippen MR) is 120 cm³/mol. The van der Waals surface area contributed by atoms with E-state index in [0.29, 0.717) is 18.2 Å². The molecule has 1 unspecified atom stereocenters. The van der Waals surface area contributed by atoms with Crippen LogP contribution in [0.2, 0.25) is 0 Å². The normalized spacial score (nSPS) is 16.0. The second-order valence-corrected chi connectivity index (χ2v) is 8.85. The van der Waals surface area contributed by atoms with Crippen LogP contribution in [0.25, 0.3) is 22.0 Å². The summed E-state index contributed by atoms with van der Waals surface area (Å²) in [5, 5.41) is 3.86. The Morgan fingerprint density at radius 3 is 2.59 bits per heavy atom. The van der Waals surface area contributed by atoms with Gasteiger partial charge in [0, 0.05) is 23.5 Å². The molecule has 152 valence electrons. The van der Waals surface area contributed by atoms with Crippen LogP contribution in [0.5, 0.6) is 0 Å². The average Bonchev–Trinajstić information content (AvgIpc) is 3.49. The molecule has 0 bridgehead atoms. The molecule has 2 aromatic carbocycles. The summed E-state index contributed by atoms with van der Waals surface area (Å²) in [6.45, 7) is 2.53. The highest BCUT2D eigenvalue weighted by Gasteiger charge is 2.28. The first-order chi connectivity index (χ1) is 14.0. The number of hydrogen-bond acceptors (Lipinski definition) is 2. The Morgan fingerprint density at radius 1 is 1.14 bits per heavy atom. The molecule has 29 heavy (non-hydrogen) atoms. The van der Waals surface area contributed by atoms with Crippen molar-refractivity contribution in [2.24, 2.45) is 11.7 Å². The minimum Gasteiger partial charge on any atom is -0.351 e. The summed E-state index contributed by atoms with van der Waals surface area (Å²) in [6.07, 6.45) is 4.24. The van der Waals surface area contributed by atoms with Crippen molar-refractivity contribution in [2.45, 2.75) is 44.0 Å². The van der Waals surface area contributed by atoms with E-state index in [-0.39, 0.29) is 17.3 Å². The zero-order valence-electron chi connectivity index (χ0n) is 16.7. The summed E-state index contributed by atoms with van der Waals surface area (Å²) in [7, 11) is 0. The zero-order chi connectivity index (χ0) is 20.4. The van der Waals surface area contributed by atoms with Crippen LogP contribution < -0.4 is 11.1 Å². The molecule has 5 heteroatoms. The lowest BCUT2D eigenvalue weighted by Gasteiger charge is -2.14. The smallest absolute Gasteiger partial charge is 0.267 e. The maximum atomic E-state index is 12.5. The van der Waals surface area contributed by atoms with Crippen LogP contribution >= 0.6 is 11.6 Å². The van der Waals surface area contributed by atoms with Gasteiger partial charge in [0.05, 0.1) is 5.38 Å². The Balaban J connectivity index is 1.36. The predicted octanol–water partition coefficient (Wildman–Crippen LogP) is 5.00. The number of fused-ring (bicyclic) bond motifs is 1. The summed E-state index contributed by atoms with van der Waals surface area (Å²) in [6, 6.07) is 16.8. The van der Waals surface area contributed by atoms with E-state index in [1.165, 1.54) is 18.4 Å². The molecular formula is C24H28ClN3O. The van der Waals surface area contributed by atoms with E-state index in [2.05, 4.69) is 53.6 Å². The van der Waals surface area contributed by atoms with Crippen LogP contribution in [0.15, 0.2) is 48.5 Å². The second kappa shape index (κ2) is 8.60. The van der Waals surface area contributed by atoms with Gasteiger partial charge in [-0.25, -0.2) is 0 Å². The highest BCUT2D eigenvalue weighted by molar-refractivity contribution is 6.21. The van der Waals surface area contributed by atoms with Crippen molar-refractivity contribution in [3.8, 4) is 11.1 Å². The van der Waals surface area contributed by atoms with Crippen LogP contribution in [-0.2, 0) is 0 Å². The number of carbonyl (C=O) groups is 1. The summed E-state index contributed by atoms with van der Waals surface area (Å²) in [4.78, 5) is 15.8. The molecule has 1 fully saturated rings. The van der Waals surface area contributed by atoms with Gasteiger partial charge in [0.25, 0.3) is 5.91 Å².